The molecule has 0 bridgehead atoms. The lowest BCUT2D eigenvalue weighted by atomic mass is 9.95. The quantitative estimate of drug-likeness (QED) is 0.720. The average Bonchev–Trinajstić information content (AvgIpc) is 3.61. The van der Waals surface area contributed by atoms with Crippen molar-refractivity contribution in [1.82, 2.24) is 15.2 Å². The van der Waals surface area contributed by atoms with Crippen molar-refractivity contribution in [2.75, 3.05) is 19.6 Å². The monoisotopic (exact) mass is 393 g/mol. The first-order chi connectivity index (χ1) is 14.0. The topological polar surface area (TPSA) is 83.4 Å². The first-order valence-corrected chi connectivity index (χ1v) is 10.5. The average molecular weight is 393 g/mol. The summed E-state index contributed by atoms with van der Waals surface area (Å²) in [4.78, 5) is 25.8. The summed E-state index contributed by atoms with van der Waals surface area (Å²) in [6, 6.07) is 12.3. The minimum absolute atomic E-state index is 0.147. The second-order valence-corrected chi connectivity index (χ2v) is 8.78. The Balaban J connectivity index is 1.36. The Morgan fingerprint density at radius 2 is 2.03 bits per heavy atom. The first-order valence-electron chi connectivity index (χ1n) is 10.5. The van der Waals surface area contributed by atoms with Crippen LogP contribution in [-0.2, 0) is 0 Å². The van der Waals surface area contributed by atoms with E-state index in [-0.39, 0.29) is 40.3 Å². The summed E-state index contributed by atoms with van der Waals surface area (Å²) in [5, 5.41) is 17.0. The van der Waals surface area contributed by atoms with Crippen molar-refractivity contribution in [2.24, 2.45) is 11.3 Å². The highest BCUT2D eigenvalue weighted by Gasteiger charge is 2.69. The van der Waals surface area contributed by atoms with Gasteiger partial charge in [-0.1, -0.05) is 30.3 Å². The number of aliphatic hydroxyl groups is 1. The molecule has 2 heterocycles. The molecule has 4 atom stereocenters. The highest BCUT2D eigenvalue weighted by Crippen LogP contribution is 2.67. The summed E-state index contributed by atoms with van der Waals surface area (Å²) < 4.78 is 1.69. The Hall–Kier alpha value is -2.44. The van der Waals surface area contributed by atoms with Gasteiger partial charge in [-0.15, -0.1) is 0 Å². The number of carbonyl (C=O) groups is 1. The molecule has 1 aliphatic heterocycles. The van der Waals surface area contributed by atoms with Crippen LogP contribution in [0.1, 0.15) is 46.3 Å². The summed E-state index contributed by atoms with van der Waals surface area (Å²) in [6.45, 7) is 3.59. The number of benzene rings is 1. The van der Waals surface area contributed by atoms with Gasteiger partial charge in [-0.2, -0.15) is 0 Å². The number of aliphatic hydroxyl groups excluding tert-OH is 1. The van der Waals surface area contributed by atoms with Gasteiger partial charge in [0.05, 0.1) is 6.10 Å². The zero-order valence-corrected chi connectivity index (χ0v) is 16.6. The summed E-state index contributed by atoms with van der Waals surface area (Å²) in [5.74, 6) is 0.0410. The van der Waals surface area contributed by atoms with Gasteiger partial charge in [-0.3, -0.25) is 9.59 Å². The number of β-amino-alcohol motifs (C(OH)–C–C–N with tert-alkyl or cyclic N) is 1. The van der Waals surface area contributed by atoms with Crippen LogP contribution in [0, 0.1) is 18.3 Å². The van der Waals surface area contributed by atoms with E-state index in [1.807, 2.05) is 31.2 Å². The molecular formula is C23H27N3O3. The number of nitrogens with one attached hydrogen (secondary N) is 2. The Bertz CT molecular complexity index is 998. The van der Waals surface area contributed by atoms with E-state index in [0.29, 0.717) is 18.7 Å². The molecule has 3 fully saturated rings. The number of nitrogens with zero attached hydrogens (tertiary/aromatic N) is 1. The van der Waals surface area contributed by atoms with Gasteiger partial charge < -0.3 is 20.3 Å². The molecular weight excluding hydrogens is 366 g/mol. The Morgan fingerprint density at radius 1 is 1.28 bits per heavy atom. The van der Waals surface area contributed by atoms with E-state index < -0.39 is 6.10 Å². The van der Waals surface area contributed by atoms with Gasteiger partial charge in [-0.25, -0.2) is 0 Å². The Labute approximate surface area is 169 Å². The second kappa shape index (κ2) is 6.82. The smallest absolute Gasteiger partial charge is 0.263 e. The molecule has 6 nitrogen and oxygen atoms in total. The number of pyridine rings is 1. The molecule has 1 amide bonds. The third-order valence-corrected chi connectivity index (χ3v) is 7.09. The van der Waals surface area contributed by atoms with Crippen LogP contribution in [0.25, 0.3) is 0 Å². The fourth-order valence-electron chi connectivity index (χ4n) is 5.33. The van der Waals surface area contributed by atoms with Gasteiger partial charge in [0.25, 0.3) is 11.5 Å². The van der Waals surface area contributed by atoms with Crippen LogP contribution >= 0.6 is 0 Å². The molecule has 2 saturated carbocycles. The maximum absolute atomic E-state index is 12.9. The maximum Gasteiger partial charge on any atom is 0.263 e. The molecule has 1 saturated heterocycles. The number of carbonyl (C=O) groups excluding carboxylic acids is 1. The van der Waals surface area contributed by atoms with E-state index in [0.717, 1.165) is 19.4 Å². The lowest BCUT2D eigenvalue weighted by Crippen LogP contribution is -2.36. The fourth-order valence-corrected chi connectivity index (χ4v) is 5.33. The van der Waals surface area contributed by atoms with E-state index in [1.54, 1.807) is 10.8 Å². The lowest BCUT2D eigenvalue weighted by molar-refractivity contribution is 0.0936. The number of hydrogen-bond acceptors (Lipinski definition) is 4. The number of hydrogen-bond donors (Lipinski definition) is 3. The van der Waals surface area contributed by atoms with Gasteiger partial charge in [0.15, 0.2) is 0 Å². The zero-order chi connectivity index (χ0) is 20.2. The molecule has 0 radical (unpaired) electrons. The molecule has 6 heteroatoms. The number of aryl methyl sites for hydroxylation is 1. The number of aromatic nitrogens is 1. The molecule has 152 valence electrons. The van der Waals surface area contributed by atoms with E-state index >= 15 is 0 Å². The number of rotatable bonds is 5. The Morgan fingerprint density at radius 3 is 2.69 bits per heavy atom. The Kier molecular flexibility index (Phi) is 4.37. The van der Waals surface area contributed by atoms with Crippen molar-refractivity contribution in [3.05, 3.63) is 69.6 Å². The minimum atomic E-state index is -0.430. The second-order valence-electron chi connectivity index (χ2n) is 8.78. The van der Waals surface area contributed by atoms with Crippen molar-refractivity contribution < 1.29 is 9.90 Å². The van der Waals surface area contributed by atoms with E-state index in [1.165, 1.54) is 5.56 Å². The van der Waals surface area contributed by atoms with Crippen LogP contribution in [0.15, 0.2) is 47.4 Å². The molecule has 2 aliphatic carbocycles. The van der Waals surface area contributed by atoms with Crippen LogP contribution in [0.2, 0.25) is 0 Å². The third-order valence-electron chi connectivity index (χ3n) is 7.09. The SMILES string of the molecule is Cc1ccn(C2CC2)c(=O)c1C(=O)NC[C@H]1[C@H](c2ccccc2)[C@@]12CNC[C@H]2O. The van der Waals surface area contributed by atoms with Crippen molar-refractivity contribution in [3.8, 4) is 0 Å². The van der Waals surface area contributed by atoms with Crippen molar-refractivity contribution in [2.45, 2.75) is 37.8 Å². The first kappa shape index (κ1) is 18.6. The fraction of sp³-hybridized carbons (Fsp3) is 0.478. The predicted molar refractivity (Wildman–Crippen MR) is 110 cm³/mol. The predicted octanol–water partition coefficient (Wildman–Crippen LogP) is 1.59. The number of amides is 1. The van der Waals surface area contributed by atoms with E-state index in [2.05, 4.69) is 22.8 Å². The summed E-state index contributed by atoms with van der Waals surface area (Å²) in [5.41, 5.74) is 1.71. The lowest BCUT2D eigenvalue weighted by Gasteiger charge is -2.15. The standard InChI is InChI=1S/C23H27N3O3/c1-14-9-10-26(16-7-8-16)22(29)19(14)21(28)25-11-17-20(15-5-3-2-4-6-15)23(17)13-24-12-18(23)27/h2-6,9-10,16-18,20,24,27H,7-8,11-13H2,1H3,(H,25,28)/t17-,18+,20-,23-/m0/s1. The van der Waals surface area contributed by atoms with Crippen molar-refractivity contribution >= 4 is 5.91 Å². The highest BCUT2D eigenvalue weighted by atomic mass is 16.3. The van der Waals surface area contributed by atoms with Gasteiger partial charge in [-0.05, 0) is 48.8 Å². The van der Waals surface area contributed by atoms with Crippen LogP contribution in [0.4, 0.5) is 0 Å². The van der Waals surface area contributed by atoms with Gasteiger partial charge in [0.2, 0.25) is 0 Å². The van der Waals surface area contributed by atoms with Gasteiger partial charge in [0, 0.05) is 37.3 Å². The highest BCUT2D eigenvalue weighted by molar-refractivity contribution is 5.95. The van der Waals surface area contributed by atoms with Crippen LogP contribution < -0.4 is 16.2 Å². The van der Waals surface area contributed by atoms with Crippen LogP contribution in [-0.4, -0.2) is 41.3 Å². The van der Waals surface area contributed by atoms with Gasteiger partial charge >= 0.3 is 0 Å². The molecule has 1 aromatic carbocycles. The molecule has 1 aromatic heterocycles. The van der Waals surface area contributed by atoms with E-state index in [9.17, 15) is 14.7 Å². The van der Waals surface area contributed by atoms with Crippen LogP contribution in [0.5, 0.6) is 0 Å². The van der Waals surface area contributed by atoms with Gasteiger partial charge in [0.1, 0.15) is 5.56 Å². The third kappa shape index (κ3) is 2.93. The van der Waals surface area contributed by atoms with E-state index in [4.69, 9.17) is 0 Å². The molecule has 2 aromatic rings. The normalized spacial score (nSPS) is 30.5. The molecule has 1 spiro atoms. The van der Waals surface area contributed by atoms with Crippen LogP contribution in [0.3, 0.4) is 0 Å². The van der Waals surface area contributed by atoms with Crippen molar-refractivity contribution in [1.29, 1.82) is 0 Å². The van der Waals surface area contributed by atoms with Crippen molar-refractivity contribution in [3.63, 3.8) is 0 Å². The molecule has 5 rings (SSSR count). The summed E-state index contributed by atoms with van der Waals surface area (Å²) >= 11 is 0. The molecule has 29 heavy (non-hydrogen) atoms. The largest absolute Gasteiger partial charge is 0.391 e. The minimum Gasteiger partial charge on any atom is -0.391 e. The molecule has 0 unspecified atom stereocenters. The maximum atomic E-state index is 12.9. The summed E-state index contributed by atoms with van der Waals surface area (Å²) in [7, 11) is 0. The summed E-state index contributed by atoms with van der Waals surface area (Å²) in [6.07, 6.45) is 3.37. The molecule has 3 N–H and O–H groups in total. The molecule has 3 aliphatic rings. The zero-order valence-electron chi connectivity index (χ0n) is 16.6.